The molecule has 0 bridgehead atoms. The molecule has 0 amide bonds. The Kier molecular flexibility index (Phi) is 3.14. The van der Waals surface area contributed by atoms with Gasteiger partial charge in [-0.25, -0.2) is 9.97 Å². The number of rotatable bonds is 5. The van der Waals surface area contributed by atoms with E-state index in [1.807, 2.05) is 0 Å². The van der Waals surface area contributed by atoms with Gasteiger partial charge in [-0.1, -0.05) is 30.2 Å². The first kappa shape index (κ1) is 11.0. The van der Waals surface area contributed by atoms with Gasteiger partial charge in [0.15, 0.2) is 21.9 Å². The Morgan fingerprint density at radius 1 is 1.50 bits per heavy atom. The van der Waals surface area contributed by atoms with Crippen LogP contribution < -0.4 is 11.1 Å². The van der Waals surface area contributed by atoms with E-state index in [9.17, 15) is 5.11 Å². The Balaban J connectivity index is 1.86. The number of nitrogens with one attached hydrogen (secondary N) is 1. The van der Waals surface area contributed by atoms with E-state index in [0.29, 0.717) is 0 Å². The number of ether oxygens (including phenoxy) is 2. The zero-order valence-electron chi connectivity index (χ0n) is 20.0. The number of hydrogen-bond acceptors (Lipinski definition) is 8. The summed E-state index contributed by atoms with van der Waals surface area (Å²) in [7, 11) is 0. The molecule has 2 heterocycles. The van der Waals surface area contributed by atoms with Crippen molar-refractivity contribution in [2.75, 3.05) is 16.8 Å². The van der Waals surface area contributed by atoms with E-state index in [4.69, 9.17) is 36.4 Å². The summed E-state index contributed by atoms with van der Waals surface area (Å²) in [5, 5.41) is 12.8. The fourth-order valence-electron chi connectivity index (χ4n) is 2.92. The Morgan fingerprint density at radius 2 is 2.25 bits per heavy atom. The van der Waals surface area contributed by atoms with Gasteiger partial charge >= 0.3 is 0 Å². The molecule has 1 saturated carbocycles. The molecule has 1 saturated heterocycles. The van der Waals surface area contributed by atoms with Gasteiger partial charge in [-0.3, -0.25) is 0 Å². The van der Waals surface area contributed by atoms with Crippen LogP contribution in [0.1, 0.15) is 43.1 Å². The molecule has 24 heavy (non-hydrogen) atoms. The highest BCUT2D eigenvalue weighted by molar-refractivity contribution is 7.99. The van der Waals surface area contributed by atoms with Crippen molar-refractivity contribution in [2.24, 2.45) is 0 Å². The zero-order valence-corrected chi connectivity index (χ0v) is 14.6. The van der Waals surface area contributed by atoms with Crippen molar-refractivity contribution in [3.05, 3.63) is 5.15 Å². The quantitative estimate of drug-likeness (QED) is 0.405. The molecular weight excluding hydrogens is 352 g/mol. The summed E-state index contributed by atoms with van der Waals surface area (Å²) in [5.41, 5.74) is 3.01. The summed E-state index contributed by atoms with van der Waals surface area (Å²) in [4.78, 5) is 7.97. The average molecular weight is 382 g/mol. The van der Waals surface area contributed by atoms with Gasteiger partial charge in [0.1, 0.15) is 17.9 Å². The molecular formula is C15H23ClN4O3S. The van der Waals surface area contributed by atoms with Crippen molar-refractivity contribution in [1.82, 2.24) is 9.97 Å². The maximum atomic E-state index is 10.3. The van der Waals surface area contributed by atoms with E-state index in [0.717, 1.165) is 0 Å². The van der Waals surface area contributed by atoms with Crippen molar-refractivity contribution < 1.29 is 24.2 Å². The van der Waals surface area contributed by atoms with Gasteiger partial charge < -0.3 is 25.6 Å². The van der Waals surface area contributed by atoms with E-state index in [2.05, 4.69) is 15.3 Å². The lowest BCUT2D eigenvalue weighted by Crippen LogP contribution is -2.35. The van der Waals surface area contributed by atoms with E-state index < -0.39 is 49.1 Å². The molecule has 4 atom stereocenters. The fourth-order valence-corrected chi connectivity index (χ4v) is 3.56. The lowest BCUT2D eigenvalue weighted by Gasteiger charge is -2.24. The Bertz CT molecular complexity index is 861. The van der Waals surface area contributed by atoms with Crippen LogP contribution in [0.25, 0.3) is 0 Å². The SMILES string of the molecule is [2H]C([2H])([2H])C([2H])([2H])C([2H])([2H])Sc1nc(Cl)c(N)c(N[C@@H]2C[C@H](O)[C@H]3OC(C)(C)O[C@H]32)n1. The molecule has 7 nitrogen and oxygen atoms in total. The molecule has 4 N–H and O–H groups in total. The smallest absolute Gasteiger partial charge is 0.191 e. The lowest BCUT2D eigenvalue weighted by atomic mass is 10.2. The number of nitrogen functional groups attached to an aromatic ring is 1. The van der Waals surface area contributed by atoms with E-state index in [-0.39, 0.29) is 40.0 Å². The first-order valence-electron chi connectivity index (χ1n) is 10.8. The third-order valence-corrected chi connectivity index (χ3v) is 4.69. The summed E-state index contributed by atoms with van der Waals surface area (Å²) in [5.74, 6) is -0.859. The number of aliphatic hydroxyl groups excluding tert-OH is 1. The summed E-state index contributed by atoms with van der Waals surface area (Å²) >= 11 is 6.25. The zero-order chi connectivity index (χ0) is 23.6. The van der Waals surface area contributed by atoms with Crippen LogP contribution in [-0.2, 0) is 9.47 Å². The number of nitrogens with two attached hydrogens (primary N) is 1. The fraction of sp³-hybridized carbons (Fsp3) is 0.733. The minimum Gasteiger partial charge on any atom is -0.393 e. The summed E-state index contributed by atoms with van der Waals surface area (Å²) in [6, 6.07) is -0.460. The first-order valence-corrected chi connectivity index (χ1v) is 8.47. The number of fused-ring (bicyclic) bond motifs is 1. The maximum Gasteiger partial charge on any atom is 0.191 e. The van der Waals surface area contributed by atoms with Crippen LogP contribution >= 0.6 is 23.4 Å². The molecule has 0 radical (unpaired) electrons. The second kappa shape index (κ2) is 6.84. The molecule has 2 fully saturated rings. The summed E-state index contributed by atoms with van der Waals surface area (Å²) in [6.45, 7) is 0.227. The normalized spacial score (nSPS) is 37.2. The van der Waals surface area contributed by atoms with Gasteiger partial charge in [0.05, 0.1) is 12.1 Å². The van der Waals surface area contributed by atoms with Crippen LogP contribution in [0.4, 0.5) is 11.5 Å². The molecule has 1 aromatic heterocycles. The molecule has 134 valence electrons. The lowest BCUT2D eigenvalue weighted by molar-refractivity contribution is -0.162. The largest absolute Gasteiger partial charge is 0.393 e. The minimum atomic E-state index is -3.22. The predicted molar refractivity (Wildman–Crippen MR) is 94.3 cm³/mol. The van der Waals surface area contributed by atoms with Crippen molar-refractivity contribution in [3.8, 4) is 0 Å². The van der Waals surface area contributed by atoms with Crippen molar-refractivity contribution in [1.29, 1.82) is 0 Å². The molecule has 0 aromatic carbocycles. The summed E-state index contributed by atoms with van der Waals surface area (Å²) in [6.07, 6.45) is -4.79. The van der Waals surface area contributed by atoms with E-state index in [1.165, 1.54) is 0 Å². The number of nitrogens with zero attached hydrogens (tertiary/aromatic N) is 2. The average Bonchev–Trinajstić information content (AvgIpc) is 3.05. The Hall–Kier alpha value is -0.800. The van der Waals surface area contributed by atoms with E-state index >= 15 is 0 Å². The number of halogens is 1. The predicted octanol–water partition coefficient (Wildman–Crippen LogP) is 2.28. The molecule has 0 unspecified atom stereocenters. The molecule has 9 heteroatoms. The monoisotopic (exact) mass is 381 g/mol. The van der Waals surface area contributed by atoms with Crippen LogP contribution in [-0.4, -0.2) is 50.9 Å². The number of thioether (sulfide) groups is 1. The molecule has 0 spiro atoms. The van der Waals surface area contributed by atoms with Crippen LogP contribution in [0, 0.1) is 0 Å². The highest BCUT2D eigenvalue weighted by atomic mass is 35.5. The van der Waals surface area contributed by atoms with Gasteiger partial charge in [0, 0.05) is 15.3 Å². The standard InChI is InChI=1S/C15H23ClN4O3S/c1-4-5-24-14-19-12(16)9(17)13(20-14)18-7-6-8(21)11-10(7)22-15(2,3)23-11/h7-8,10-11,21H,4-6,17H2,1-3H3,(H,18,19,20)/t7-,8+,10+,11-/m1/s1/i1D3,4D2,5D2. The number of hydrogen-bond donors (Lipinski definition) is 3. The van der Waals surface area contributed by atoms with Gasteiger partial charge in [-0.2, -0.15) is 0 Å². The van der Waals surface area contributed by atoms with Gasteiger partial charge in [-0.15, -0.1) is 0 Å². The van der Waals surface area contributed by atoms with Crippen molar-refractivity contribution in [2.45, 2.75) is 68.8 Å². The molecule has 1 aliphatic carbocycles. The van der Waals surface area contributed by atoms with Crippen LogP contribution in [0.2, 0.25) is 5.15 Å². The summed E-state index contributed by atoms with van der Waals surface area (Å²) < 4.78 is 64.8. The van der Waals surface area contributed by atoms with E-state index in [1.54, 1.807) is 13.8 Å². The third-order valence-electron chi connectivity index (χ3n) is 3.83. The Labute approximate surface area is 160 Å². The van der Waals surface area contributed by atoms with Crippen LogP contribution in [0.15, 0.2) is 5.16 Å². The van der Waals surface area contributed by atoms with Crippen molar-refractivity contribution in [3.63, 3.8) is 0 Å². The number of aliphatic hydroxyl groups is 1. The second-order valence-corrected chi connectivity index (χ2v) is 7.14. The van der Waals surface area contributed by atoms with Gasteiger partial charge in [-0.05, 0) is 26.6 Å². The highest BCUT2D eigenvalue weighted by Gasteiger charge is 2.53. The first-order chi connectivity index (χ1) is 14.0. The number of anilines is 2. The maximum absolute atomic E-state index is 10.3. The van der Waals surface area contributed by atoms with Gasteiger partial charge in [0.25, 0.3) is 0 Å². The highest BCUT2D eigenvalue weighted by Crippen LogP contribution is 2.40. The van der Waals surface area contributed by atoms with Gasteiger partial charge in [0.2, 0.25) is 0 Å². The van der Waals surface area contributed by atoms with Crippen LogP contribution in [0.3, 0.4) is 0 Å². The topological polar surface area (TPSA) is 103 Å². The minimum absolute atomic E-state index is 0.0268. The molecule has 1 aliphatic heterocycles. The molecule has 1 aromatic rings. The van der Waals surface area contributed by atoms with Crippen molar-refractivity contribution >= 4 is 34.9 Å². The molecule has 3 rings (SSSR count). The molecule has 2 aliphatic rings. The third kappa shape index (κ3) is 3.57. The second-order valence-electron chi connectivity index (χ2n) is 6.01. The van der Waals surface area contributed by atoms with Crippen LogP contribution in [0.5, 0.6) is 0 Å². The number of aromatic nitrogens is 2. The Morgan fingerprint density at radius 3 is 3.00 bits per heavy atom.